The van der Waals surface area contributed by atoms with Gasteiger partial charge in [-0.2, -0.15) is 0 Å². The van der Waals surface area contributed by atoms with Crippen LogP contribution >= 0.6 is 11.3 Å². The predicted octanol–water partition coefficient (Wildman–Crippen LogP) is 3.20. The first-order chi connectivity index (χ1) is 9.65. The number of aryl methyl sites for hydroxylation is 1. The van der Waals surface area contributed by atoms with Crippen molar-refractivity contribution < 1.29 is 0 Å². The monoisotopic (exact) mass is 291 g/mol. The minimum absolute atomic E-state index is 0.116. The smallest absolute Gasteiger partial charge is 0.135 e. The molecule has 0 saturated heterocycles. The van der Waals surface area contributed by atoms with E-state index in [1.165, 1.54) is 11.2 Å². The van der Waals surface area contributed by atoms with Crippen molar-refractivity contribution in [2.75, 3.05) is 11.1 Å². The van der Waals surface area contributed by atoms with Crippen molar-refractivity contribution in [3.05, 3.63) is 28.0 Å². The van der Waals surface area contributed by atoms with E-state index in [4.69, 9.17) is 5.73 Å². The molecule has 5 nitrogen and oxygen atoms in total. The first-order valence-electron chi connectivity index (χ1n) is 6.96. The molecule has 0 amide bonds. The lowest BCUT2D eigenvalue weighted by atomic mass is 10.1. The summed E-state index contributed by atoms with van der Waals surface area (Å²) in [5, 5.41) is 4.48. The standard InChI is InChI=1S/C14H21N5S/c1-4-6-11-12(15)17-8-18-13(11)19-9(3)14-16-7-10(5-2)20-14/h7-9H,4-6H2,1-3H3,(H3,15,17,18,19). The quantitative estimate of drug-likeness (QED) is 0.854. The van der Waals surface area contributed by atoms with Crippen molar-refractivity contribution in [2.45, 2.75) is 46.1 Å². The number of rotatable bonds is 6. The van der Waals surface area contributed by atoms with Gasteiger partial charge in [-0.05, 0) is 19.8 Å². The number of nitrogen functional groups attached to an aromatic ring is 1. The molecule has 2 heterocycles. The normalized spacial score (nSPS) is 12.3. The van der Waals surface area contributed by atoms with Crippen LogP contribution in [0.15, 0.2) is 12.5 Å². The maximum atomic E-state index is 5.94. The van der Waals surface area contributed by atoms with E-state index in [0.29, 0.717) is 5.82 Å². The number of nitrogens with zero attached hydrogens (tertiary/aromatic N) is 3. The van der Waals surface area contributed by atoms with Gasteiger partial charge in [-0.3, -0.25) is 0 Å². The Bertz CT molecular complexity index is 566. The van der Waals surface area contributed by atoms with Crippen LogP contribution in [0.2, 0.25) is 0 Å². The number of anilines is 2. The summed E-state index contributed by atoms with van der Waals surface area (Å²) in [6.07, 6.45) is 6.35. The molecule has 1 unspecified atom stereocenters. The Morgan fingerprint density at radius 1 is 1.30 bits per heavy atom. The third-order valence-electron chi connectivity index (χ3n) is 3.12. The minimum atomic E-state index is 0.116. The molecule has 0 aromatic carbocycles. The summed E-state index contributed by atoms with van der Waals surface area (Å²) in [6, 6.07) is 0.116. The molecule has 6 heteroatoms. The molecule has 3 N–H and O–H groups in total. The van der Waals surface area contributed by atoms with Crippen molar-refractivity contribution in [2.24, 2.45) is 0 Å². The van der Waals surface area contributed by atoms with Crippen molar-refractivity contribution >= 4 is 23.0 Å². The van der Waals surface area contributed by atoms with Gasteiger partial charge >= 0.3 is 0 Å². The number of thiazole rings is 1. The lowest BCUT2D eigenvalue weighted by Gasteiger charge is -2.15. The van der Waals surface area contributed by atoms with E-state index in [9.17, 15) is 0 Å². The molecule has 0 bridgehead atoms. The van der Waals surface area contributed by atoms with Gasteiger partial charge in [0.25, 0.3) is 0 Å². The molecule has 0 aliphatic carbocycles. The Kier molecular flexibility index (Phi) is 4.89. The van der Waals surface area contributed by atoms with Gasteiger partial charge in [-0.15, -0.1) is 11.3 Å². The van der Waals surface area contributed by atoms with Crippen molar-refractivity contribution in [1.82, 2.24) is 15.0 Å². The van der Waals surface area contributed by atoms with Crippen LogP contribution in [0.3, 0.4) is 0 Å². The van der Waals surface area contributed by atoms with Gasteiger partial charge in [0.05, 0.1) is 6.04 Å². The molecule has 108 valence electrons. The zero-order valence-electron chi connectivity index (χ0n) is 12.2. The zero-order valence-corrected chi connectivity index (χ0v) is 13.0. The van der Waals surface area contributed by atoms with E-state index in [1.54, 1.807) is 11.3 Å². The molecule has 0 fully saturated rings. The summed E-state index contributed by atoms with van der Waals surface area (Å²) < 4.78 is 0. The summed E-state index contributed by atoms with van der Waals surface area (Å²) in [7, 11) is 0. The van der Waals surface area contributed by atoms with E-state index in [2.05, 4.69) is 41.0 Å². The van der Waals surface area contributed by atoms with Crippen LogP contribution in [-0.2, 0) is 12.8 Å². The lowest BCUT2D eigenvalue weighted by Crippen LogP contribution is -2.12. The van der Waals surface area contributed by atoms with E-state index < -0.39 is 0 Å². The Balaban J connectivity index is 2.18. The van der Waals surface area contributed by atoms with Crippen LogP contribution < -0.4 is 11.1 Å². The molecule has 2 rings (SSSR count). The van der Waals surface area contributed by atoms with Crippen LogP contribution in [0.1, 0.15) is 48.7 Å². The summed E-state index contributed by atoms with van der Waals surface area (Å²) in [5.74, 6) is 1.38. The first kappa shape index (κ1) is 14.7. The van der Waals surface area contributed by atoms with Crippen LogP contribution in [0.5, 0.6) is 0 Å². The van der Waals surface area contributed by atoms with Gasteiger partial charge in [-0.25, -0.2) is 15.0 Å². The lowest BCUT2D eigenvalue weighted by molar-refractivity contribution is 0.839. The molecule has 1 atom stereocenters. The number of hydrogen-bond donors (Lipinski definition) is 2. The average Bonchev–Trinajstić information content (AvgIpc) is 2.91. The van der Waals surface area contributed by atoms with Gasteiger partial charge in [-0.1, -0.05) is 20.3 Å². The summed E-state index contributed by atoms with van der Waals surface area (Å²) in [6.45, 7) is 6.35. The van der Waals surface area contributed by atoms with Crippen molar-refractivity contribution in [3.8, 4) is 0 Å². The third-order valence-corrected chi connectivity index (χ3v) is 4.45. The Labute approximate surface area is 123 Å². The van der Waals surface area contributed by atoms with E-state index in [-0.39, 0.29) is 6.04 Å². The van der Waals surface area contributed by atoms with Crippen molar-refractivity contribution in [3.63, 3.8) is 0 Å². The summed E-state index contributed by atoms with van der Waals surface area (Å²) in [5.41, 5.74) is 6.94. The van der Waals surface area contributed by atoms with Gasteiger partial charge in [0.1, 0.15) is 23.0 Å². The number of nitrogens with two attached hydrogens (primary N) is 1. The van der Waals surface area contributed by atoms with Crippen LogP contribution in [0.4, 0.5) is 11.6 Å². The first-order valence-corrected chi connectivity index (χ1v) is 7.77. The molecule has 0 radical (unpaired) electrons. The highest BCUT2D eigenvalue weighted by Gasteiger charge is 2.14. The number of hydrogen-bond acceptors (Lipinski definition) is 6. The van der Waals surface area contributed by atoms with Gasteiger partial charge in [0.15, 0.2) is 0 Å². The highest BCUT2D eigenvalue weighted by molar-refractivity contribution is 7.11. The molecular formula is C14H21N5S. The fourth-order valence-corrected chi connectivity index (χ4v) is 2.86. The molecule has 0 aliphatic rings. The average molecular weight is 291 g/mol. The maximum absolute atomic E-state index is 5.94. The Morgan fingerprint density at radius 2 is 2.10 bits per heavy atom. The summed E-state index contributed by atoms with van der Waals surface area (Å²) in [4.78, 5) is 14.2. The number of nitrogens with one attached hydrogen (secondary N) is 1. The zero-order chi connectivity index (χ0) is 14.5. The highest BCUT2D eigenvalue weighted by Crippen LogP contribution is 2.26. The second-order valence-electron chi connectivity index (χ2n) is 4.72. The molecule has 20 heavy (non-hydrogen) atoms. The molecule has 2 aromatic rings. The number of aromatic nitrogens is 3. The molecule has 0 spiro atoms. The second-order valence-corrected chi connectivity index (χ2v) is 5.87. The molecule has 0 saturated carbocycles. The SMILES string of the molecule is CCCc1c(N)ncnc1NC(C)c1ncc(CC)s1. The van der Waals surface area contributed by atoms with E-state index in [0.717, 1.165) is 35.7 Å². The maximum Gasteiger partial charge on any atom is 0.135 e. The topological polar surface area (TPSA) is 76.7 Å². The summed E-state index contributed by atoms with van der Waals surface area (Å²) >= 11 is 1.74. The fourth-order valence-electron chi connectivity index (χ4n) is 2.00. The van der Waals surface area contributed by atoms with E-state index >= 15 is 0 Å². The third kappa shape index (κ3) is 3.25. The highest BCUT2D eigenvalue weighted by atomic mass is 32.1. The fraction of sp³-hybridized carbons (Fsp3) is 0.500. The molecule has 2 aromatic heterocycles. The van der Waals surface area contributed by atoms with E-state index in [1.807, 2.05) is 6.20 Å². The predicted molar refractivity (Wildman–Crippen MR) is 84.0 cm³/mol. The van der Waals surface area contributed by atoms with Gasteiger partial charge in [0, 0.05) is 16.6 Å². The molecule has 0 aliphatic heterocycles. The minimum Gasteiger partial charge on any atom is -0.383 e. The molecular weight excluding hydrogens is 270 g/mol. The van der Waals surface area contributed by atoms with Crippen LogP contribution in [0.25, 0.3) is 0 Å². The van der Waals surface area contributed by atoms with Crippen molar-refractivity contribution in [1.29, 1.82) is 0 Å². The van der Waals surface area contributed by atoms with Gasteiger partial charge < -0.3 is 11.1 Å². The van der Waals surface area contributed by atoms with Crippen LogP contribution in [0, 0.1) is 0 Å². The Hall–Kier alpha value is -1.69. The largest absolute Gasteiger partial charge is 0.383 e. The Morgan fingerprint density at radius 3 is 2.75 bits per heavy atom. The van der Waals surface area contributed by atoms with Crippen LogP contribution in [-0.4, -0.2) is 15.0 Å². The van der Waals surface area contributed by atoms with Gasteiger partial charge in [0.2, 0.25) is 0 Å². The second kappa shape index (κ2) is 6.65.